The summed E-state index contributed by atoms with van der Waals surface area (Å²) < 4.78 is 6.55. The second kappa shape index (κ2) is 5.34. The first kappa shape index (κ1) is 12.6. The van der Waals surface area contributed by atoms with Crippen LogP contribution in [0.3, 0.4) is 0 Å². The highest BCUT2D eigenvalue weighted by molar-refractivity contribution is 7.17. The third-order valence-corrected chi connectivity index (χ3v) is 4.31. The van der Waals surface area contributed by atoms with Gasteiger partial charge in [0, 0.05) is 25.5 Å². The third-order valence-electron chi connectivity index (χ3n) is 3.42. The highest BCUT2D eigenvalue weighted by Crippen LogP contribution is 2.31. The van der Waals surface area contributed by atoms with E-state index in [1.807, 2.05) is 6.07 Å². The normalized spacial score (nSPS) is 15.5. The molecule has 6 nitrogen and oxygen atoms in total. The predicted octanol–water partition coefficient (Wildman–Crippen LogP) is 1.98. The SMILES string of the molecule is c1ncc(-c2nc(N3CCOCC3)c3sccc3n2)cn1. The van der Waals surface area contributed by atoms with Gasteiger partial charge in [0.1, 0.15) is 6.33 Å². The highest BCUT2D eigenvalue weighted by atomic mass is 32.1. The van der Waals surface area contributed by atoms with Crippen molar-refractivity contribution in [1.82, 2.24) is 19.9 Å². The lowest BCUT2D eigenvalue weighted by molar-refractivity contribution is 0.122. The van der Waals surface area contributed by atoms with Gasteiger partial charge >= 0.3 is 0 Å². The monoisotopic (exact) mass is 299 g/mol. The second-order valence-corrected chi connectivity index (χ2v) is 5.65. The van der Waals surface area contributed by atoms with E-state index < -0.39 is 0 Å². The zero-order valence-corrected chi connectivity index (χ0v) is 12.1. The van der Waals surface area contributed by atoms with Gasteiger partial charge in [-0.1, -0.05) is 0 Å². The van der Waals surface area contributed by atoms with Crippen LogP contribution in [0.15, 0.2) is 30.2 Å². The number of hydrogen-bond donors (Lipinski definition) is 0. The van der Waals surface area contributed by atoms with Gasteiger partial charge in [0.2, 0.25) is 0 Å². The van der Waals surface area contributed by atoms with Gasteiger partial charge in [0.15, 0.2) is 11.6 Å². The first-order valence-corrected chi connectivity index (χ1v) is 7.63. The molecule has 106 valence electrons. The lowest BCUT2D eigenvalue weighted by Crippen LogP contribution is -2.36. The van der Waals surface area contributed by atoms with Crippen molar-refractivity contribution in [3.63, 3.8) is 0 Å². The van der Waals surface area contributed by atoms with E-state index in [0.29, 0.717) is 5.82 Å². The largest absolute Gasteiger partial charge is 0.378 e. The molecular formula is C14H13N5OS. The van der Waals surface area contributed by atoms with E-state index in [2.05, 4.69) is 25.2 Å². The zero-order valence-electron chi connectivity index (χ0n) is 11.3. The first-order valence-electron chi connectivity index (χ1n) is 6.75. The Morgan fingerprint density at radius 3 is 2.71 bits per heavy atom. The first-order chi connectivity index (χ1) is 10.4. The van der Waals surface area contributed by atoms with Gasteiger partial charge < -0.3 is 9.64 Å². The summed E-state index contributed by atoms with van der Waals surface area (Å²) in [5.41, 5.74) is 1.80. The Hall–Kier alpha value is -2.12. The molecule has 1 saturated heterocycles. The average Bonchev–Trinajstić information content (AvgIpc) is 3.04. The smallest absolute Gasteiger partial charge is 0.165 e. The molecule has 0 aliphatic carbocycles. The Bertz CT molecular complexity index is 754. The molecule has 0 amide bonds. The van der Waals surface area contributed by atoms with Crippen LogP contribution in [-0.2, 0) is 4.74 Å². The van der Waals surface area contributed by atoms with E-state index in [4.69, 9.17) is 9.72 Å². The molecule has 0 unspecified atom stereocenters. The van der Waals surface area contributed by atoms with Crippen LogP contribution in [0.5, 0.6) is 0 Å². The van der Waals surface area contributed by atoms with Crippen LogP contribution in [0.2, 0.25) is 0 Å². The fourth-order valence-corrected chi connectivity index (χ4v) is 3.23. The molecule has 0 saturated carbocycles. The average molecular weight is 299 g/mol. The van der Waals surface area contributed by atoms with Crippen LogP contribution < -0.4 is 4.90 Å². The van der Waals surface area contributed by atoms with Crippen LogP contribution in [-0.4, -0.2) is 46.2 Å². The van der Waals surface area contributed by atoms with Gasteiger partial charge in [-0.3, -0.25) is 0 Å². The number of ether oxygens (including phenoxy) is 1. The summed E-state index contributed by atoms with van der Waals surface area (Å²) in [4.78, 5) is 19.7. The fraction of sp³-hybridized carbons (Fsp3) is 0.286. The number of morpholine rings is 1. The number of thiophene rings is 1. The quantitative estimate of drug-likeness (QED) is 0.721. The molecule has 1 aliphatic rings. The molecule has 0 spiro atoms. The van der Waals surface area contributed by atoms with Crippen molar-refractivity contribution >= 4 is 27.4 Å². The number of fused-ring (bicyclic) bond motifs is 1. The fourth-order valence-electron chi connectivity index (χ4n) is 2.38. The van der Waals surface area contributed by atoms with Crippen LogP contribution in [0.4, 0.5) is 5.82 Å². The van der Waals surface area contributed by atoms with Crippen molar-refractivity contribution in [3.8, 4) is 11.4 Å². The summed E-state index contributed by atoms with van der Waals surface area (Å²) in [5, 5.41) is 2.05. The summed E-state index contributed by atoms with van der Waals surface area (Å²) in [5.74, 6) is 1.65. The number of aromatic nitrogens is 4. The number of nitrogens with zero attached hydrogens (tertiary/aromatic N) is 5. The molecule has 1 fully saturated rings. The molecule has 0 N–H and O–H groups in total. The van der Waals surface area contributed by atoms with Gasteiger partial charge in [0.25, 0.3) is 0 Å². The Morgan fingerprint density at radius 2 is 1.90 bits per heavy atom. The molecule has 0 radical (unpaired) electrons. The predicted molar refractivity (Wildman–Crippen MR) is 81.5 cm³/mol. The molecule has 7 heteroatoms. The minimum Gasteiger partial charge on any atom is -0.378 e. The molecule has 0 aromatic carbocycles. The summed E-state index contributed by atoms with van der Waals surface area (Å²) >= 11 is 1.67. The summed E-state index contributed by atoms with van der Waals surface area (Å²) in [6, 6.07) is 2.03. The Kier molecular flexibility index (Phi) is 3.21. The van der Waals surface area contributed by atoms with Crippen LogP contribution >= 0.6 is 11.3 Å². The van der Waals surface area contributed by atoms with Crippen LogP contribution in [0.1, 0.15) is 0 Å². The molecule has 3 aromatic heterocycles. The van der Waals surface area contributed by atoms with Gasteiger partial charge in [-0.2, -0.15) is 0 Å². The molecule has 4 rings (SSSR count). The van der Waals surface area contributed by atoms with E-state index in [-0.39, 0.29) is 0 Å². The van der Waals surface area contributed by atoms with Gasteiger partial charge in [-0.05, 0) is 11.4 Å². The number of hydrogen-bond acceptors (Lipinski definition) is 7. The van der Waals surface area contributed by atoms with E-state index in [1.54, 1.807) is 23.7 Å². The lowest BCUT2D eigenvalue weighted by Gasteiger charge is -2.28. The second-order valence-electron chi connectivity index (χ2n) is 4.73. The highest BCUT2D eigenvalue weighted by Gasteiger charge is 2.18. The number of rotatable bonds is 2. The van der Waals surface area contributed by atoms with Crippen molar-refractivity contribution in [1.29, 1.82) is 0 Å². The minimum atomic E-state index is 0.669. The zero-order chi connectivity index (χ0) is 14.1. The maximum Gasteiger partial charge on any atom is 0.165 e. The summed E-state index contributed by atoms with van der Waals surface area (Å²) in [6.07, 6.45) is 4.99. The van der Waals surface area contributed by atoms with Crippen LogP contribution in [0.25, 0.3) is 21.6 Å². The van der Waals surface area contributed by atoms with Crippen molar-refractivity contribution < 1.29 is 4.74 Å². The number of anilines is 1. The van der Waals surface area contributed by atoms with E-state index in [0.717, 1.165) is 47.9 Å². The van der Waals surface area contributed by atoms with E-state index in [9.17, 15) is 0 Å². The standard InChI is InChI=1S/C14H13N5OS/c1-6-21-12-11(1)17-13(10-7-15-9-16-8-10)18-14(12)19-2-4-20-5-3-19/h1,6-9H,2-5H2. The molecule has 4 heterocycles. The van der Waals surface area contributed by atoms with E-state index >= 15 is 0 Å². The Balaban J connectivity index is 1.86. The van der Waals surface area contributed by atoms with Gasteiger partial charge in [-0.25, -0.2) is 19.9 Å². The van der Waals surface area contributed by atoms with Gasteiger partial charge in [-0.15, -0.1) is 11.3 Å². The maximum absolute atomic E-state index is 5.43. The Morgan fingerprint density at radius 1 is 1.10 bits per heavy atom. The molecule has 21 heavy (non-hydrogen) atoms. The molecular weight excluding hydrogens is 286 g/mol. The molecule has 1 aliphatic heterocycles. The lowest BCUT2D eigenvalue weighted by atomic mass is 10.3. The third kappa shape index (κ3) is 2.34. The molecule has 0 bridgehead atoms. The minimum absolute atomic E-state index is 0.669. The van der Waals surface area contributed by atoms with E-state index in [1.165, 1.54) is 6.33 Å². The molecule has 3 aromatic rings. The topological polar surface area (TPSA) is 64.0 Å². The van der Waals surface area contributed by atoms with Crippen molar-refractivity contribution in [2.75, 3.05) is 31.2 Å². The maximum atomic E-state index is 5.43. The summed E-state index contributed by atoms with van der Waals surface area (Å²) in [7, 11) is 0. The van der Waals surface area contributed by atoms with Crippen molar-refractivity contribution in [3.05, 3.63) is 30.2 Å². The van der Waals surface area contributed by atoms with Gasteiger partial charge in [0.05, 0.1) is 29.0 Å². The summed E-state index contributed by atoms with van der Waals surface area (Å²) in [6.45, 7) is 3.19. The molecule has 0 atom stereocenters. The van der Waals surface area contributed by atoms with Crippen molar-refractivity contribution in [2.24, 2.45) is 0 Å². The van der Waals surface area contributed by atoms with Crippen LogP contribution in [0, 0.1) is 0 Å². The van der Waals surface area contributed by atoms with Crippen molar-refractivity contribution in [2.45, 2.75) is 0 Å². The Labute approximate surface area is 125 Å².